The molecule has 2 rings (SSSR count). The first kappa shape index (κ1) is 23.1. The van der Waals surface area contributed by atoms with E-state index in [0.717, 1.165) is 24.3 Å². The maximum absolute atomic E-state index is 12.6. The lowest BCUT2D eigenvalue weighted by Crippen LogP contribution is -2.20. The minimum atomic E-state index is -4.65. The largest absolute Gasteiger partial charge is 0.496 e. The van der Waals surface area contributed by atoms with Crippen molar-refractivity contribution in [1.29, 1.82) is 0 Å². The van der Waals surface area contributed by atoms with Crippen LogP contribution in [0.25, 0.3) is 5.57 Å². The van der Waals surface area contributed by atoms with Crippen LogP contribution in [0.3, 0.4) is 0 Å². The van der Waals surface area contributed by atoms with E-state index in [1.54, 1.807) is 18.2 Å². The van der Waals surface area contributed by atoms with Crippen molar-refractivity contribution < 1.29 is 45.3 Å². The lowest BCUT2D eigenvalue weighted by molar-refractivity contribution is -0.154. The van der Waals surface area contributed by atoms with Gasteiger partial charge in [0.05, 0.1) is 7.11 Å². The predicted molar refractivity (Wildman–Crippen MR) is 95.7 cm³/mol. The van der Waals surface area contributed by atoms with Crippen molar-refractivity contribution in [2.45, 2.75) is 12.4 Å². The van der Waals surface area contributed by atoms with Crippen LogP contribution in [0.1, 0.15) is 11.1 Å². The van der Waals surface area contributed by atoms with Gasteiger partial charge in [0.2, 0.25) is 0 Å². The van der Waals surface area contributed by atoms with Gasteiger partial charge in [-0.3, -0.25) is 4.79 Å². The van der Waals surface area contributed by atoms with Gasteiger partial charge in [-0.25, -0.2) is 0 Å². The summed E-state index contributed by atoms with van der Waals surface area (Å²) in [5.41, 5.74) is 0.324. The Hall–Kier alpha value is -3.17. The highest BCUT2D eigenvalue weighted by atomic mass is 19.4. The smallest absolute Gasteiger partial charge is 0.422 e. The number of aldehydes is 1. The zero-order valence-corrected chi connectivity index (χ0v) is 15.5. The fourth-order valence-corrected chi connectivity index (χ4v) is 2.52. The Balaban J connectivity index is 2.57. The molecule has 0 fully saturated rings. The zero-order valence-electron chi connectivity index (χ0n) is 15.5. The van der Waals surface area contributed by atoms with E-state index in [4.69, 9.17) is 9.47 Å². The monoisotopic (exact) mass is 434 g/mol. The van der Waals surface area contributed by atoms with Crippen LogP contribution in [0.4, 0.5) is 26.3 Å². The molecule has 0 radical (unpaired) electrons. The van der Waals surface area contributed by atoms with Gasteiger partial charge in [0.25, 0.3) is 0 Å². The van der Waals surface area contributed by atoms with E-state index in [0.29, 0.717) is 11.8 Å². The number of benzene rings is 2. The quantitative estimate of drug-likeness (QED) is 0.325. The molecule has 0 unspecified atom stereocenters. The third-order valence-electron chi connectivity index (χ3n) is 3.67. The molecule has 0 spiro atoms. The third-order valence-corrected chi connectivity index (χ3v) is 3.67. The fourth-order valence-electron chi connectivity index (χ4n) is 2.52. The van der Waals surface area contributed by atoms with Gasteiger partial charge in [-0.1, -0.05) is 18.2 Å². The van der Waals surface area contributed by atoms with E-state index in [1.165, 1.54) is 13.2 Å². The SMILES string of the molecule is COc1ccccc1C(=CC=O)c1cc(OCC(F)(F)F)ccc1OCC(F)(F)F. The van der Waals surface area contributed by atoms with Gasteiger partial charge in [0.1, 0.15) is 23.5 Å². The lowest BCUT2D eigenvalue weighted by atomic mass is 9.95. The van der Waals surface area contributed by atoms with Crippen molar-refractivity contribution in [2.75, 3.05) is 20.3 Å². The van der Waals surface area contributed by atoms with Crippen molar-refractivity contribution in [3.63, 3.8) is 0 Å². The fraction of sp³-hybridized carbons (Fsp3) is 0.250. The van der Waals surface area contributed by atoms with E-state index in [9.17, 15) is 31.1 Å². The molecule has 0 aliphatic rings. The van der Waals surface area contributed by atoms with E-state index in [1.807, 2.05) is 0 Å². The standard InChI is InChI=1S/C20H16F6O4/c1-28-17-5-3-2-4-15(17)14(8-9-27)16-10-13(29-11-19(21,22)23)6-7-18(16)30-12-20(24,25)26/h2-10H,11-12H2,1H3. The molecule has 0 aromatic heterocycles. The van der Waals surface area contributed by atoms with Gasteiger partial charge in [-0.2, -0.15) is 26.3 Å². The number of carbonyl (C=O) groups excluding carboxylic acids is 1. The van der Waals surface area contributed by atoms with Crippen LogP contribution in [0.5, 0.6) is 17.2 Å². The number of hydrogen-bond donors (Lipinski definition) is 0. The molecule has 0 saturated heterocycles. The molecule has 0 heterocycles. The molecule has 162 valence electrons. The van der Waals surface area contributed by atoms with Crippen LogP contribution in [0, 0.1) is 0 Å². The normalized spacial score (nSPS) is 12.4. The summed E-state index contributed by atoms with van der Waals surface area (Å²) in [4.78, 5) is 11.2. The first-order valence-corrected chi connectivity index (χ1v) is 8.36. The summed E-state index contributed by atoms with van der Waals surface area (Å²) in [6.07, 6.45) is -7.84. The highest BCUT2D eigenvalue weighted by molar-refractivity contribution is 5.93. The molecule has 2 aromatic carbocycles. The minimum absolute atomic E-state index is 0.0736. The van der Waals surface area contributed by atoms with Crippen molar-refractivity contribution >= 4 is 11.9 Å². The second kappa shape index (κ2) is 9.55. The average Bonchev–Trinajstić information content (AvgIpc) is 2.68. The molecule has 0 amide bonds. The van der Waals surface area contributed by atoms with Crippen molar-refractivity contribution in [3.8, 4) is 17.2 Å². The minimum Gasteiger partial charge on any atom is -0.496 e. The summed E-state index contributed by atoms with van der Waals surface area (Å²) in [5, 5.41) is 0. The second-order valence-corrected chi connectivity index (χ2v) is 5.88. The van der Waals surface area contributed by atoms with E-state index in [2.05, 4.69) is 4.74 Å². The van der Waals surface area contributed by atoms with Gasteiger partial charge in [0.15, 0.2) is 13.2 Å². The van der Waals surface area contributed by atoms with E-state index >= 15 is 0 Å². The molecular formula is C20H16F6O4. The number of para-hydroxylation sites is 1. The van der Waals surface area contributed by atoms with Crippen molar-refractivity contribution in [1.82, 2.24) is 0 Å². The van der Waals surface area contributed by atoms with Crippen LogP contribution in [-0.2, 0) is 4.79 Å². The first-order chi connectivity index (χ1) is 14.0. The maximum atomic E-state index is 12.6. The topological polar surface area (TPSA) is 44.8 Å². The van der Waals surface area contributed by atoms with Gasteiger partial charge in [-0.05, 0) is 35.9 Å². The molecule has 0 aliphatic carbocycles. The number of alkyl halides is 6. The van der Waals surface area contributed by atoms with Crippen LogP contribution in [0.15, 0.2) is 48.5 Å². The molecule has 0 N–H and O–H groups in total. The van der Waals surface area contributed by atoms with Crippen molar-refractivity contribution in [3.05, 3.63) is 59.7 Å². The third kappa shape index (κ3) is 6.71. The number of rotatable bonds is 8. The average molecular weight is 434 g/mol. The molecule has 30 heavy (non-hydrogen) atoms. The summed E-state index contributed by atoms with van der Waals surface area (Å²) in [6, 6.07) is 9.46. The highest BCUT2D eigenvalue weighted by Gasteiger charge is 2.30. The number of methoxy groups -OCH3 is 1. The molecule has 2 aromatic rings. The zero-order chi connectivity index (χ0) is 22.4. The van der Waals surface area contributed by atoms with Crippen LogP contribution in [0.2, 0.25) is 0 Å². The Morgan fingerprint density at radius 3 is 2.10 bits per heavy atom. The summed E-state index contributed by atoms with van der Waals surface area (Å²) >= 11 is 0. The van der Waals surface area contributed by atoms with Gasteiger partial charge in [-0.15, -0.1) is 0 Å². The molecule has 4 nitrogen and oxygen atoms in total. The van der Waals surface area contributed by atoms with Crippen molar-refractivity contribution in [2.24, 2.45) is 0 Å². The molecule has 0 atom stereocenters. The summed E-state index contributed by atoms with van der Waals surface area (Å²) in [6.45, 7) is -3.24. The van der Waals surface area contributed by atoms with Crippen LogP contribution < -0.4 is 14.2 Å². The number of halogens is 6. The van der Waals surface area contributed by atoms with E-state index in [-0.39, 0.29) is 28.4 Å². The second-order valence-electron chi connectivity index (χ2n) is 5.88. The molecular weight excluding hydrogens is 418 g/mol. The molecule has 0 aliphatic heterocycles. The molecule has 10 heteroatoms. The maximum Gasteiger partial charge on any atom is 0.422 e. The summed E-state index contributed by atoms with van der Waals surface area (Å²) < 4.78 is 90.0. The number of ether oxygens (including phenoxy) is 3. The number of carbonyl (C=O) groups is 1. The van der Waals surface area contributed by atoms with Gasteiger partial charge < -0.3 is 14.2 Å². The van der Waals surface area contributed by atoms with Gasteiger partial charge in [0, 0.05) is 11.1 Å². The summed E-state index contributed by atoms with van der Waals surface area (Å²) in [7, 11) is 1.35. The lowest BCUT2D eigenvalue weighted by Gasteiger charge is -2.18. The first-order valence-electron chi connectivity index (χ1n) is 8.36. The Morgan fingerprint density at radius 2 is 1.50 bits per heavy atom. The Kier molecular flexibility index (Phi) is 7.36. The Morgan fingerprint density at radius 1 is 0.867 bits per heavy atom. The Bertz CT molecular complexity index is 903. The highest BCUT2D eigenvalue weighted by Crippen LogP contribution is 2.38. The Labute approximate surface area is 167 Å². The van der Waals surface area contributed by atoms with Gasteiger partial charge >= 0.3 is 12.4 Å². The molecule has 0 bridgehead atoms. The number of hydrogen-bond acceptors (Lipinski definition) is 4. The van der Waals surface area contributed by atoms with Crippen LogP contribution >= 0.6 is 0 Å². The predicted octanol–water partition coefficient (Wildman–Crippen LogP) is 5.21. The molecule has 0 saturated carbocycles. The van der Waals surface area contributed by atoms with E-state index < -0.39 is 25.6 Å². The summed E-state index contributed by atoms with van der Waals surface area (Å²) in [5.74, 6) is -0.284. The van der Waals surface area contributed by atoms with Crippen LogP contribution in [-0.4, -0.2) is 39.0 Å². The number of allylic oxidation sites excluding steroid dienone is 1.